The van der Waals surface area contributed by atoms with Gasteiger partial charge in [-0.1, -0.05) is 0 Å². The van der Waals surface area contributed by atoms with E-state index in [1.54, 1.807) is 25.4 Å². The van der Waals surface area contributed by atoms with E-state index in [-0.39, 0.29) is 4.90 Å². The van der Waals surface area contributed by atoms with Gasteiger partial charge in [-0.3, -0.25) is 0 Å². The van der Waals surface area contributed by atoms with E-state index in [2.05, 4.69) is 9.97 Å². The zero-order valence-electron chi connectivity index (χ0n) is 11.7. The van der Waals surface area contributed by atoms with Crippen LogP contribution in [0.15, 0.2) is 41.6 Å². The number of pyridine rings is 1. The Balaban J connectivity index is 2.21. The average molecular weight is 294 g/mol. The molecule has 20 heavy (non-hydrogen) atoms. The zero-order chi connectivity index (χ0) is 14.8. The number of hydrogen-bond donors (Lipinski definition) is 1. The fourth-order valence-corrected chi connectivity index (χ4v) is 2.86. The van der Waals surface area contributed by atoms with Crippen LogP contribution in [0.2, 0.25) is 0 Å². The lowest BCUT2D eigenvalue weighted by Gasteiger charge is -2.17. The zero-order valence-corrected chi connectivity index (χ0v) is 12.6. The molecule has 2 rings (SSSR count). The van der Waals surface area contributed by atoms with Gasteiger partial charge in [0.1, 0.15) is 10.7 Å². The maximum atomic E-state index is 12.4. The van der Waals surface area contributed by atoms with Gasteiger partial charge in [-0.05, 0) is 24.3 Å². The fraction of sp³-hybridized carbons (Fsp3) is 0.308. The van der Waals surface area contributed by atoms with Gasteiger partial charge in [0.25, 0.3) is 0 Å². The molecule has 0 amide bonds. The topological polar surface area (TPSA) is 69.3 Å². The Bertz CT molecular complexity index is 648. The Kier molecular flexibility index (Phi) is 4.10. The highest BCUT2D eigenvalue weighted by atomic mass is 32.2. The molecule has 108 valence electrons. The van der Waals surface area contributed by atoms with Crippen LogP contribution in [0.3, 0.4) is 0 Å². The van der Waals surface area contributed by atoms with Crippen LogP contribution in [0.1, 0.15) is 5.69 Å². The highest BCUT2D eigenvalue weighted by Crippen LogP contribution is 2.17. The largest absolute Gasteiger partial charge is 0.364 e. The van der Waals surface area contributed by atoms with Crippen molar-refractivity contribution in [2.45, 2.75) is 11.4 Å². The van der Waals surface area contributed by atoms with Crippen LogP contribution in [-0.4, -0.2) is 43.8 Å². The first-order valence-electron chi connectivity index (χ1n) is 6.13. The predicted molar refractivity (Wildman–Crippen MR) is 78.0 cm³/mol. The first kappa shape index (κ1) is 14.5. The Labute approximate surface area is 119 Å². The molecule has 0 aliphatic rings. The molecule has 0 aliphatic heterocycles. The molecule has 0 saturated carbocycles. The molecule has 0 fully saturated rings. The number of aromatic nitrogens is 2. The molecule has 0 aliphatic carbocycles. The predicted octanol–water partition coefficient (Wildman–Crippen LogP) is 1.30. The highest BCUT2D eigenvalue weighted by Gasteiger charge is 2.21. The first-order valence-corrected chi connectivity index (χ1v) is 7.57. The summed E-state index contributed by atoms with van der Waals surface area (Å²) in [5.74, 6) is 0.718. The second-order valence-electron chi connectivity index (χ2n) is 4.70. The van der Waals surface area contributed by atoms with Crippen molar-refractivity contribution in [1.82, 2.24) is 14.3 Å². The third kappa shape index (κ3) is 3.00. The minimum atomic E-state index is -3.53. The number of sulfonamides is 1. The molecule has 0 aromatic carbocycles. The van der Waals surface area contributed by atoms with E-state index >= 15 is 0 Å². The number of nitrogens with zero attached hydrogens (tertiary/aromatic N) is 3. The van der Waals surface area contributed by atoms with Gasteiger partial charge >= 0.3 is 0 Å². The van der Waals surface area contributed by atoms with Crippen LogP contribution >= 0.6 is 0 Å². The smallest absolute Gasteiger partial charge is 0.244 e. The van der Waals surface area contributed by atoms with Crippen molar-refractivity contribution in [3.63, 3.8) is 0 Å². The summed E-state index contributed by atoms with van der Waals surface area (Å²) in [5, 5.41) is 0. The first-order chi connectivity index (χ1) is 9.41. The van der Waals surface area contributed by atoms with Crippen molar-refractivity contribution in [2.75, 3.05) is 26.0 Å². The van der Waals surface area contributed by atoms with Crippen molar-refractivity contribution in [3.8, 4) is 0 Å². The second-order valence-corrected chi connectivity index (χ2v) is 6.75. The summed E-state index contributed by atoms with van der Waals surface area (Å²) in [5.41, 5.74) is 0.842. The number of rotatable bonds is 5. The van der Waals surface area contributed by atoms with Crippen molar-refractivity contribution in [2.24, 2.45) is 0 Å². The van der Waals surface area contributed by atoms with Crippen LogP contribution in [0, 0.1) is 0 Å². The van der Waals surface area contributed by atoms with E-state index in [9.17, 15) is 8.42 Å². The molecule has 2 aromatic rings. The maximum Gasteiger partial charge on any atom is 0.244 e. The molecule has 0 bridgehead atoms. The Hall–Kier alpha value is -1.86. The van der Waals surface area contributed by atoms with Gasteiger partial charge in [-0.2, -0.15) is 4.31 Å². The minimum absolute atomic E-state index is 0.192. The van der Waals surface area contributed by atoms with Crippen molar-refractivity contribution < 1.29 is 8.42 Å². The summed E-state index contributed by atoms with van der Waals surface area (Å²) in [6.45, 7) is 0.296. The van der Waals surface area contributed by atoms with Crippen molar-refractivity contribution >= 4 is 15.8 Å². The molecule has 7 heteroatoms. The molecule has 0 atom stereocenters. The molecular weight excluding hydrogens is 276 g/mol. The lowest BCUT2D eigenvalue weighted by molar-refractivity contribution is 0.462. The van der Waals surface area contributed by atoms with Gasteiger partial charge in [0.15, 0.2) is 0 Å². The van der Waals surface area contributed by atoms with Gasteiger partial charge in [0.2, 0.25) is 10.0 Å². The van der Waals surface area contributed by atoms with Crippen LogP contribution in [0.25, 0.3) is 0 Å². The summed E-state index contributed by atoms with van der Waals surface area (Å²) in [6, 6.07) is 6.95. The van der Waals surface area contributed by atoms with Gasteiger partial charge in [-0.25, -0.2) is 13.4 Å². The van der Waals surface area contributed by atoms with Crippen LogP contribution in [0.5, 0.6) is 0 Å². The summed E-state index contributed by atoms with van der Waals surface area (Å²) < 4.78 is 26.1. The van der Waals surface area contributed by atoms with Gasteiger partial charge < -0.3 is 9.88 Å². The Morgan fingerprint density at radius 3 is 2.45 bits per heavy atom. The molecule has 2 aromatic heterocycles. The second kappa shape index (κ2) is 5.64. The molecule has 0 unspecified atom stereocenters. The summed E-state index contributed by atoms with van der Waals surface area (Å²) in [7, 11) is 1.74. The van der Waals surface area contributed by atoms with E-state index in [0.717, 1.165) is 11.5 Å². The van der Waals surface area contributed by atoms with Gasteiger partial charge in [0.05, 0.1) is 6.54 Å². The summed E-state index contributed by atoms with van der Waals surface area (Å²) in [4.78, 5) is 9.13. The molecule has 0 radical (unpaired) electrons. The fourth-order valence-electron chi connectivity index (χ4n) is 1.76. The number of H-pyrrole nitrogens is 1. The summed E-state index contributed by atoms with van der Waals surface area (Å²) >= 11 is 0. The van der Waals surface area contributed by atoms with E-state index in [1.165, 1.54) is 10.5 Å². The third-order valence-electron chi connectivity index (χ3n) is 2.94. The minimum Gasteiger partial charge on any atom is -0.364 e. The monoisotopic (exact) mass is 294 g/mol. The van der Waals surface area contributed by atoms with E-state index in [0.29, 0.717) is 6.54 Å². The normalized spacial score (nSPS) is 11.8. The SMILES string of the molecule is CN(C)c1ccc(S(=O)(=O)N(C)Cc2ccc[nH]2)cn1. The molecular formula is C13H18N4O2S. The van der Waals surface area contributed by atoms with E-state index < -0.39 is 10.0 Å². The molecule has 1 N–H and O–H groups in total. The van der Waals surface area contributed by atoms with E-state index in [4.69, 9.17) is 0 Å². The highest BCUT2D eigenvalue weighted by molar-refractivity contribution is 7.89. The standard InChI is InChI=1S/C13H18N4O2S/c1-16(2)13-7-6-12(9-15-13)20(18,19)17(3)10-11-5-4-8-14-11/h4-9,14H,10H2,1-3H3. The number of anilines is 1. The Morgan fingerprint density at radius 2 is 1.95 bits per heavy atom. The van der Waals surface area contributed by atoms with Crippen LogP contribution < -0.4 is 4.90 Å². The summed E-state index contributed by atoms with van der Waals surface area (Å²) in [6.07, 6.45) is 3.15. The molecule has 0 spiro atoms. The average Bonchev–Trinajstić information content (AvgIpc) is 2.91. The molecule has 2 heterocycles. The Morgan fingerprint density at radius 1 is 1.20 bits per heavy atom. The number of aromatic amines is 1. The number of hydrogen-bond acceptors (Lipinski definition) is 4. The van der Waals surface area contributed by atoms with Gasteiger partial charge in [-0.15, -0.1) is 0 Å². The van der Waals surface area contributed by atoms with Crippen LogP contribution in [0.4, 0.5) is 5.82 Å². The molecule has 6 nitrogen and oxygen atoms in total. The van der Waals surface area contributed by atoms with E-state index in [1.807, 2.05) is 31.1 Å². The van der Waals surface area contributed by atoms with Crippen molar-refractivity contribution in [3.05, 3.63) is 42.4 Å². The lowest BCUT2D eigenvalue weighted by Crippen LogP contribution is -2.26. The third-order valence-corrected chi connectivity index (χ3v) is 4.73. The van der Waals surface area contributed by atoms with Crippen molar-refractivity contribution in [1.29, 1.82) is 0 Å². The number of nitrogens with one attached hydrogen (secondary N) is 1. The lowest BCUT2D eigenvalue weighted by atomic mass is 10.4. The molecule has 0 saturated heterocycles. The maximum absolute atomic E-state index is 12.4. The quantitative estimate of drug-likeness (QED) is 0.902. The van der Waals surface area contributed by atoms with Crippen LogP contribution in [-0.2, 0) is 16.6 Å². The van der Waals surface area contributed by atoms with Gasteiger partial charge in [0, 0.05) is 39.2 Å².